The molecule has 27 heavy (non-hydrogen) atoms. The van der Waals surface area contributed by atoms with Crippen molar-refractivity contribution in [3.8, 4) is 5.75 Å². The molecular weight excluding hydrogens is 338 g/mol. The first-order chi connectivity index (χ1) is 12.9. The average Bonchev–Trinajstić information content (AvgIpc) is 2.64. The highest BCUT2D eigenvalue weighted by atomic mass is 16.5. The molecular formula is C22H33N3O2. The molecule has 0 bridgehead atoms. The lowest BCUT2D eigenvalue weighted by Crippen LogP contribution is -2.15. The number of rotatable bonds is 11. The Kier molecular flexibility index (Phi) is 10.1. The molecule has 0 heterocycles. The van der Waals surface area contributed by atoms with Crippen LogP contribution in [0.2, 0.25) is 0 Å². The first-order valence-electron chi connectivity index (χ1n) is 9.44. The first-order valence-corrected chi connectivity index (χ1v) is 9.44. The average molecular weight is 372 g/mol. The second-order valence-corrected chi connectivity index (χ2v) is 6.59. The summed E-state index contributed by atoms with van der Waals surface area (Å²) in [5.41, 5.74) is 10.0. The lowest BCUT2D eigenvalue weighted by Gasteiger charge is -2.12. The minimum atomic E-state index is 0.277. The summed E-state index contributed by atoms with van der Waals surface area (Å²) in [5, 5.41) is 8.61. The van der Waals surface area contributed by atoms with Crippen molar-refractivity contribution in [2.45, 2.75) is 47.5 Å². The molecule has 0 aliphatic carbocycles. The number of benzene rings is 1. The number of nitrogen functional groups attached to an aromatic ring is 1. The molecule has 0 aliphatic heterocycles. The molecule has 0 radical (unpaired) electrons. The predicted octanol–water partition coefficient (Wildman–Crippen LogP) is 5.16. The molecule has 0 aromatic heterocycles. The van der Waals surface area contributed by atoms with Crippen LogP contribution in [0.25, 0.3) is 0 Å². The van der Waals surface area contributed by atoms with E-state index in [-0.39, 0.29) is 5.71 Å². The van der Waals surface area contributed by atoms with Crippen molar-refractivity contribution in [1.29, 1.82) is 5.41 Å². The fourth-order valence-electron chi connectivity index (χ4n) is 2.23. The Bertz CT molecular complexity index is 714. The predicted molar refractivity (Wildman–Crippen MR) is 115 cm³/mol. The van der Waals surface area contributed by atoms with Crippen LogP contribution in [0.5, 0.6) is 5.75 Å². The number of anilines is 1. The van der Waals surface area contributed by atoms with Crippen molar-refractivity contribution in [2.75, 3.05) is 25.6 Å². The number of ether oxygens (including phenoxy) is 2. The van der Waals surface area contributed by atoms with E-state index in [0.29, 0.717) is 35.9 Å². The topological polar surface area (TPSA) is 80.7 Å². The van der Waals surface area contributed by atoms with Crippen LogP contribution in [-0.4, -0.2) is 31.2 Å². The fourth-order valence-corrected chi connectivity index (χ4v) is 2.23. The van der Waals surface area contributed by atoms with Crippen molar-refractivity contribution >= 4 is 17.1 Å². The molecule has 0 unspecified atom stereocenters. The zero-order valence-electron chi connectivity index (χ0n) is 17.3. The van der Waals surface area contributed by atoms with Crippen LogP contribution in [0.15, 0.2) is 46.6 Å². The van der Waals surface area contributed by atoms with Gasteiger partial charge in [-0.05, 0) is 58.4 Å². The Morgan fingerprint density at radius 2 is 1.93 bits per heavy atom. The lowest BCUT2D eigenvalue weighted by molar-refractivity contribution is 0.0980. The largest absolute Gasteiger partial charge is 0.491 e. The quantitative estimate of drug-likeness (QED) is 0.320. The van der Waals surface area contributed by atoms with E-state index in [0.717, 1.165) is 30.7 Å². The van der Waals surface area contributed by atoms with Crippen molar-refractivity contribution in [1.82, 2.24) is 0 Å². The van der Waals surface area contributed by atoms with E-state index >= 15 is 0 Å². The Hall–Kier alpha value is -2.40. The Morgan fingerprint density at radius 1 is 1.19 bits per heavy atom. The van der Waals surface area contributed by atoms with Gasteiger partial charge in [0.2, 0.25) is 0 Å². The van der Waals surface area contributed by atoms with E-state index in [4.69, 9.17) is 20.6 Å². The number of allylic oxidation sites excluding steroid dienone is 4. The standard InChI is InChI=1S/C22H33N3O2/c1-6-8-11-26-12-13-27-18-9-10-20(23)19(15-18)22(24)21(14-16(3)4)25-17(5)7-2/h7,9-10,14-15,24H,6,8,11-13,23H2,1-5H3/b17-7+,24-22?,25-21?. The SMILES string of the molecule is C/C=C(\C)N=C(C=C(C)C)C(=N)c1cc(OCCOCCCC)ccc1N. The monoisotopic (exact) mass is 371 g/mol. The fraction of sp³-hybridized carbons (Fsp3) is 0.455. The van der Waals surface area contributed by atoms with Crippen LogP contribution in [0.4, 0.5) is 5.69 Å². The van der Waals surface area contributed by atoms with Gasteiger partial charge in [0.25, 0.3) is 0 Å². The molecule has 148 valence electrons. The highest BCUT2D eigenvalue weighted by Crippen LogP contribution is 2.21. The zero-order valence-corrected chi connectivity index (χ0v) is 17.3. The third-order valence-electron chi connectivity index (χ3n) is 3.83. The minimum Gasteiger partial charge on any atom is -0.491 e. The summed E-state index contributed by atoms with van der Waals surface area (Å²) < 4.78 is 11.3. The van der Waals surface area contributed by atoms with Gasteiger partial charge in [-0.25, -0.2) is 0 Å². The molecule has 0 atom stereocenters. The van der Waals surface area contributed by atoms with Gasteiger partial charge in [-0.1, -0.05) is 25.0 Å². The van der Waals surface area contributed by atoms with Gasteiger partial charge in [0.1, 0.15) is 12.4 Å². The summed E-state index contributed by atoms with van der Waals surface area (Å²) in [6, 6.07) is 5.37. The van der Waals surface area contributed by atoms with E-state index in [2.05, 4.69) is 11.9 Å². The van der Waals surface area contributed by atoms with E-state index < -0.39 is 0 Å². The molecule has 0 spiro atoms. The smallest absolute Gasteiger partial charge is 0.120 e. The normalized spacial score (nSPS) is 12.0. The van der Waals surface area contributed by atoms with Gasteiger partial charge >= 0.3 is 0 Å². The molecule has 5 nitrogen and oxygen atoms in total. The van der Waals surface area contributed by atoms with Gasteiger partial charge in [-0.3, -0.25) is 10.4 Å². The maximum atomic E-state index is 8.61. The maximum absolute atomic E-state index is 8.61. The third kappa shape index (κ3) is 8.22. The summed E-state index contributed by atoms with van der Waals surface area (Å²) in [5.74, 6) is 0.669. The number of aliphatic imine (C=N–C) groups is 1. The summed E-state index contributed by atoms with van der Waals surface area (Å²) in [6.07, 6.45) is 5.98. The lowest BCUT2D eigenvalue weighted by atomic mass is 10.0. The third-order valence-corrected chi connectivity index (χ3v) is 3.83. The number of unbranched alkanes of at least 4 members (excludes halogenated alkanes) is 1. The second-order valence-electron chi connectivity index (χ2n) is 6.59. The Balaban J connectivity index is 2.95. The Labute approximate surface area is 163 Å². The van der Waals surface area contributed by atoms with E-state index in [9.17, 15) is 0 Å². The van der Waals surface area contributed by atoms with E-state index in [1.165, 1.54) is 0 Å². The minimum absolute atomic E-state index is 0.277. The van der Waals surface area contributed by atoms with E-state index in [1.807, 2.05) is 45.9 Å². The molecule has 1 aromatic rings. The number of nitrogens with one attached hydrogen (secondary N) is 1. The van der Waals surface area contributed by atoms with Gasteiger partial charge in [0, 0.05) is 23.6 Å². The van der Waals surface area contributed by atoms with Crippen molar-refractivity contribution in [3.05, 3.63) is 47.2 Å². The molecule has 0 amide bonds. The van der Waals surface area contributed by atoms with Crippen LogP contribution in [0, 0.1) is 5.41 Å². The van der Waals surface area contributed by atoms with Crippen LogP contribution >= 0.6 is 0 Å². The molecule has 0 aliphatic rings. The molecule has 5 heteroatoms. The number of hydrogen-bond donors (Lipinski definition) is 2. The van der Waals surface area contributed by atoms with Crippen LogP contribution in [-0.2, 0) is 4.74 Å². The van der Waals surface area contributed by atoms with E-state index in [1.54, 1.807) is 12.1 Å². The number of nitrogens with two attached hydrogens (primary N) is 1. The second kappa shape index (κ2) is 12.1. The first kappa shape index (κ1) is 22.6. The maximum Gasteiger partial charge on any atom is 0.120 e. The molecule has 0 fully saturated rings. The molecule has 0 saturated heterocycles. The molecule has 1 aromatic carbocycles. The van der Waals surface area contributed by atoms with Crippen LogP contribution < -0.4 is 10.5 Å². The Morgan fingerprint density at radius 3 is 2.56 bits per heavy atom. The summed E-state index contributed by atoms with van der Waals surface area (Å²) in [7, 11) is 0. The summed E-state index contributed by atoms with van der Waals surface area (Å²) in [6.45, 7) is 11.7. The van der Waals surface area contributed by atoms with Gasteiger partial charge in [0.05, 0.1) is 18.0 Å². The number of nitrogens with zero attached hydrogens (tertiary/aromatic N) is 1. The molecule has 0 saturated carbocycles. The van der Waals surface area contributed by atoms with Crippen molar-refractivity contribution in [2.24, 2.45) is 4.99 Å². The number of hydrogen-bond acceptors (Lipinski definition) is 5. The van der Waals surface area contributed by atoms with Gasteiger partial charge in [-0.2, -0.15) is 0 Å². The summed E-state index contributed by atoms with van der Waals surface area (Å²) in [4.78, 5) is 4.55. The summed E-state index contributed by atoms with van der Waals surface area (Å²) >= 11 is 0. The van der Waals surface area contributed by atoms with Crippen molar-refractivity contribution in [3.63, 3.8) is 0 Å². The molecule has 1 rings (SSSR count). The zero-order chi connectivity index (χ0) is 20.2. The highest BCUT2D eigenvalue weighted by Gasteiger charge is 2.13. The molecule has 3 N–H and O–H groups in total. The van der Waals surface area contributed by atoms with Crippen molar-refractivity contribution < 1.29 is 9.47 Å². The highest BCUT2D eigenvalue weighted by molar-refractivity contribution is 6.52. The van der Waals surface area contributed by atoms with Gasteiger partial charge in [0.15, 0.2) is 0 Å². The van der Waals surface area contributed by atoms with Gasteiger partial charge in [-0.15, -0.1) is 0 Å². The van der Waals surface area contributed by atoms with Crippen LogP contribution in [0.1, 0.15) is 53.0 Å². The van der Waals surface area contributed by atoms with Crippen LogP contribution in [0.3, 0.4) is 0 Å². The van der Waals surface area contributed by atoms with Gasteiger partial charge < -0.3 is 15.2 Å².